The summed E-state index contributed by atoms with van der Waals surface area (Å²) in [5.74, 6) is 5.56. The molecule has 3 heterocycles. The van der Waals surface area contributed by atoms with Gasteiger partial charge in [0.15, 0.2) is 0 Å². The van der Waals surface area contributed by atoms with Crippen molar-refractivity contribution in [1.82, 2.24) is 19.4 Å². The molecule has 0 unspecified atom stereocenters. The highest BCUT2D eigenvalue weighted by atomic mass is 16.2. The summed E-state index contributed by atoms with van der Waals surface area (Å²) in [5.41, 5.74) is -0.0238. The number of aromatic nitrogens is 3. The van der Waals surface area contributed by atoms with E-state index < -0.39 is 0 Å². The van der Waals surface area contributed by atoms with Gasteiger partial charge in [-0.25, -0.2) is 9.97 Å². The molecule has 1 amide bonds. The molecule has 4 bridgehead atoms. The summed E-state index contributed by atoms with van der Waals surface area (Å²) in [6.07, 6.45) is 11.6. The Bertz CT molecular complexity index is 909. The largest absolute Gasteiger partial charge is 0.353 e. The van der Waals surface area contributed by atoms with Gasteiger partial charge in [0.2, 0.25) is 5.91 Å². The first-order chi connectivity index (χ1) is 14.6. The van der Waals surface area contributed by atoms with Crippen molar-refractivity contribution in [3.8, 4) is 5.82 Å². The Morgan fingerprint density at radius 2 is 1.47 bits per heavy atom. The lowest BCUT2D eigenvalue weighted by atomic mass is 9.49. The number of carbonyl (C=O) groups is 1. The van der Waals surface area contributed by atoms with Crippen LogP contribution in [0.2, 0.25) is 0 Å². The van der Waals surface area contributed by atoms with E-state index in [0.29, 0.717) is 5.91 Å². The fourth-order valence-corrected chi connectivity index (χ4v) is 7.16. The third-order valence-electron chi connectivity index (χ3n) is 8.06. The molecule has 2 aromatic heterocycles. The zero-order valence-corrected chi connectivity index (χ0v) is 17.8. The maximum Gasteiger partial charge on any atom is 0.228 e. The Morgan fingerprint density at radius 3 is 2.07 bits per heavy atom. The van der Waals surface area contributed by atoms with Crippen LogP contribution in [0.15, 0.2) is 30.6 Å². The van der Waals surface area contributed by atoms with Crippen molar-refractivity contribution >= 4 is 11.7 Å². The van der Waals surface area contributed by atoms with Gasteiger partial charge in [0.05, 0.1) is 5.41 Å². The lowest BCUT2D eigenvalue weighted by Crippen LogP contribution is -2.58. The standard InChI is InChI=1S/C24H31N5O/c1-17-25-21(27-4-2-3-5-27)13-22(26-17)28-6-8-29(9-7-28)23(30)24-14-18-10-19(15-24)12-20(11-18)16-24/h2-5,13,18-20H,6-12,14-16H2,1H3. The minimum Gasteiger partial charge on any atom is -0.353 e. The van der Waals surface area contributed by atoms with Gasteiger partial charge in [-0.15, -0.1) is 0 Å². The maximum atomic E-state index is 13.6. The topological polar surface area (TPSA) is 54.3 Å². The molecule has 5 aliphatic rings. The molecule has 0 aromatic carbocycles. The Labute approximate surface area is 178 Å². The second-order valence-corrected chi connectivity index (χ2v) is 10.2. The van der Waals surface area contributed by atoms with Crippen molar-refractivity contribution in [2.45, 2.75) is 45.4 Å². The molecular weight excluding hydrogens is 374 g/mol. The Hall–Kier alpha value is -2.37. The summed E-state index contributed by atoms with van der Waals surface area (Å²) in [4.78, 5) is 27.4. The second-order valence-electron chi connectivity index (χ2n) is 10.2. The lowest BCUT2D eigenvalue weighted by molar-refractivity contribution is -0.158. The van der Waals surface area contributed by atoms with Crippen molar-refractivity contribution in [3.63, 3.8) is 0 Å². The first-order valence-electron chi connectivity index (χ1n) is 11.6. The molecule has 1 aliphatic heterocycles. The van der Waals surface area contributed by atoms with Crippen LogP contribution in [-0.2, 0) is 4.79 Å². The summed E-state index contributed by atoms with van der Waals surface area (Å²) in [5, 5.41) is 0. The zero-order valence-electron chi connectivity index (χ0n) is 17.8. The fraction of sp³-hybridized carbons (Fsp3) is 0.625. The third-order valence-corrected chi connectivity index (χ3v) is 8.06. The van der Waals surface area contributed by atoms with E-state index in [1.807, 2.05) is 36.0 Å². The van der Waals surface area contributed by atoms with Gasteiger partial charge in [0.1, 0.15) is 17.5 Å². The lowest BCUT2D eigenvalue weighted by Gasteiger charge is -2.57. The molecular formula is C24H31N5O. The van der Waals surface area contributed by atoms with Gasteiger partial charge in [-0.2, -0.15) is 0 Å². The minimum absolute atomic E-state index is 0.0238. The van der Waals surface area contributed by atoms with E-state index in [1.165, 1.54) is 19.3 Å². The molecule has 0 spiro atoms. The molecule has 7 rings (SSSR count). The van der Waals surface area contributed by atoms with Crippen LogP contribution in [0, 0.1) is 30.1 Å². The van der Waals surface area contributed by atoms with Gasteiger partial charge < -0.3 is 14.4 Å². The number of hydrogen-bond donors (Lipinski definition) is 0. The highest BCUT2D eigenvalue weighted by molar-refractivity contribution is 5.83. The number of nitrogens with zero attached hydrogens (tertiary/aromatic N) is 5. The molecule has 0 N–H and O–H groups in total. The molecule has 4 saturated carbocycles. The van der Waals surface area contributed by atoms with Crippen molar-refractivity contribution in [2.75, 3.05) is 31.1 Å². The average Bonchev–Trinajstić information content (AvgIpc) is 3.27. The smallest absolute Gasteiger partial charge is 0.228 e. The number of amides is 1. The normalized spacial score (nSPS) is 32.6. The van der Waals surface area contributed by atoms with Gasteiger partial charge in [-0.3, -0.25) is 4.79 Å². The van der Waals surface area contributed by atoms with Crippen LogP contribution in [0.3, 0.4) is 0 Å². The number of piperazine rings is 1. The molecule has 0 atom stereocenters. The molecule has 0 radical (unpaired) electrons. The van der Waals surface area contributed by atoms with E-state index in [1.54, 1.807) is 0 Å². The van der Waals surface area contributed by atoms with E-state index in [4.69, 9.17) is 0 Å². The second kappa shape index (κ2) is 6.82. The van der Waals surface area contributed by atoms with E-state index in [-0.39, 0.29) is 5.41 Å². The van der Waals surface area contributed by atoms with Gasteiger partial charge >= 0.3 is 0 Å². The molecule has 30 heavy (non-hydrogen) atoms. The summed E-state index contributed by atoms with van der Waals surface area (Å²) in [7, 11) is 0. The van der Waals surface area contributed by atoms with Gasteiger partial charge in [0.25, 0.3) is 0 Å². The zero-order chi connectivity index (χ0) is 20.3. The molecule has 6 nitrogen and oxygen atoms in total. The van der Waals surface area contributed by atoms with Crippen molar-refractivity contribution < 1.29 is 4.79 Å². The minimum atomic E-state index is -0.0238. The van der Waals surface area contributed by atoms with Crippen LogP contribution >= 0.6 is 0 Å². The molecule has 158 valence electrons. The van der Waals surface area contributed by atoms with Gasteiger partial charge in [-0.1, -0.05) is 0 Å². The predicted molar refractivity (Wildman–Crippen MR) is 115 cm³/mol. The van der Waals surface area contributed by atoms with Crippen LogP contribution in [0.1, 0.15) is 44.3 Å². The summed E-state index contributed by atoms with van der Waals surface area (Å²) in [6, 6.07) is 6.07. The van der Waals surface area contributed by atoms with E-state index in [0.717, 1.165) is 80.7 Å². The number of hydrogen-bond acceptors (Lipinski definition) is 4. The van der Waals surface area contributed by atoms with Crippen LogP contribution in [0.5, 0.6) is 0 Å². The van der Waals surface area contributed by atoms with Crippen LogP contribution in [0.4, 0.5) is 5.82 Å². The molecule has 4 aliphatic carbocycles. The van der Waals surface area contributed by atoms with Crippen LogP contribution in [0.25, 0.3) is 5.82 Å². The molecule has 1 saturated heterocycles. The highest BCUT2D eigenvalue weighted by Gasteiger charge is 2.55. The van der Waals surface area contributed by atoms with E-state index in [9.17, 15) is 4.79 Å². The van der Waals surface area contributed by atoms with Crippen LogP contribution < -0.4 is 4.90 Å². The summed E-state index contributed by atoms with van der Waals surface area (Å²) >= 11 is 0. The van der Waals surface area contributed by atoms with E-state index in [2.05, 4.69) is 25.8 Å². The molecule has 2 aromatic rings. The predicted octanol–water partition coefficient (Wildman–Crippen LogP) is 3.44. The first-order valence-corrected chi connectivity index (χ1v) is 11.6. The molecule has 6 heteroatoms. The monoisotopic (exact) mass is 405 g/mol. The van der Waals surface area contributed by atoms with Crippen molar-refractivity contribution in [3.05, 3.63) is 36.4 Å². The summed E-state index contributed by atoms with van der Waals surface area (Å²) in [6.45, 7) is 5.26. The van der Waals surface area contributed by atoms with Gasteiger partial charge in [0, 0.05) is 44.6 Å². The fourth-order valence-electron chi connectivity index (χ4n) is 7.16. The first kappa shape index (κ1) is 18.4. The highest BCUT2D eigenvalue weighted by Crippen LogP contribution is 2.60. The van der Waals surface area contributed by atoms with Crippen LogP contribution in [-0.4, -0.2) is 51.5 Å². The SMILES string of the molecule is Cc1nc(N2CCN(C(=O)C34CC5CC(CC(C5)C3)C4)CC2)cc(-n2cccc2)n1. The maximum absolute atomic E-state index is 13.6. The number of anilines is 1. The summed E-state index contributed by atoms with van der Waals surface area (Å²) < 4.78 is 2.02. The average molecular weight is 406 g/mol. The number of rotatable bonds is 3. The quantitative estimate of drug-likeness (QED) is 0.785. The Morgan fingerprint density at radius 1 is 0.900 bits per heavy atom. The van der Waals surface area contributed by atoms with Crippen molar-refractivity contribution in [2.24, 2.45) is 23.2 Å². The number of aryl methyl sites for hydroxylation is 1. The van der Waals surface area contributed by atoms with Gasteiger partial charge in [-0.05, 0) is 75.3 Å². The Kier molecular flexibility index (Phi) is 4.19. The third kappa shape index (κ3) is 3.03. The Balaban J connectivity index is 1.16. The van der Waals surface area contributed by atoms with Crippen molar-refractivity contribution in [1.29, 1.82) is 0 Å². The van der Waals surface area contributed by atoms with E-state index >= 15 is 0 Å². The number of carbonyl (C=O) groups excluding carboxylic acids is 1. The molecule has 5 fully saturated rings.